The molecule has 1 fully saturated rings. The summed E-state index contributed by atoms with van der Waals surface area (Å²) in [5.41, 5.74) is 3.54. The van der Waals surface area contributed by atoms with Crippen molar-refractivity contribution in [3.8, 4) is 11.4 Å². The number of hydrogen-bond donors (Lipinski definition) is 0. The lowest BCUT2D eigenvalue weighted by molar-refractivity contribution is 0.0957. The highest BCUT2D eigenvalue weighted by Gasteiger charge is 2.22. The summed E-state index contributed by atoms with van der Waals surface area (Å²) in [7, 11) is 1.60. The number of aromatic nitrogens is 5. The molecule has 1 aliphatic rings. The van der Waals surface area contributed by atoms with Crippen molar-refractivity contribution in [2.45, 2.75) is 44.5 Å². The van der Waals surface area contributed by atoms with Crippen LogP contribution in [0.15, 0.2) is 35.5 Å². The maximum Gasteiger partial charge on any atom is 0.214 e. The minimum absolute atomic E-state index is 0.0567. The Kier molecular flexibility index (Phi) is 6.19. The van der Waals surface area contributed by atoms with Gasteiger partial charge in [-0.25, -0.2) is 0 Å². The molecule has 4 rings (SSSR count). The molecule has 30 heavy (non-hydrogen) atoms. The predicted octanol–water partition coefficient (Wildman–Crippen LogP) is 3.24. The number of rotatable bonds is 8. The number of methoxy groups -OCH3 is 1. The SMILES string of the molecule is COc1ccccc1-n1nnnc1SCC(=O)c1cc(C)n(CC2CCCO2)c1C. The van der Waals surface area contributed by atoms with Gasteiger partial charge in [0.1, 0.15) is 11.4 Å². The summed E-state index contributed by atoms with van der Waals surface area (Å²) in [5, 5.41) is 12.5. The zero-order chi connectivity index (χ0) is 21.1. The van der Waals surface area contributed by atoms with Crippen LogP contribution in [-0.4, -0.2) is 56.1 Å². The fraction of sp³-hybridized carbons (Fsp3) is 0.429. The second-order valence-electron chi connectivity index (χ2n) is 7.29. The third-order valence-electron chi connectivity index (χ3n) is 5.37. The van der Waals surface area contributed by atoms with E-state index in [9.17, 15) is 4.79 Å². The van der Waals surface area contributed by atoms with Crippen LogP contribution in [0.2, 0.25) is 0 Å². The molecule has 0 spiro atoms. The molecule has 1 atom stereocenters. The van der Waals surface area contributed by atoms with Crippen LogP contribution in [0, 0.1) is 13.8 Å². The van der Waals surface area contributed by atoms with Crippen LogP contribution in [0.25, 0.3) is 5.69 Å². The number of tetrazole rings is 1. The molecule has 1 saturated heterocycles. The van der Waals surface area contributed by atoms with Gasteiger partial charge in [-0.3, -0.25) is 4.79 Å². The molecular weight excluding hydrogens is 402 g/mol. The van der Waals surface area contributed by atoms with Crippen LogP contribution >= 0.6 is 11.8 Å². The Morgan fingerprint density at radius 2 is 2.17 bits per heavy atom. The van der Waals surface area contributed by atoms with Crippen molar-refractivity contribution in [3.63, 3.8) is 0 Å². The van der Waals surface area contributed by atoms with Crippen LogP contribution in [0.3, 0.4) is 0 Å². The Morgan fingerprint density at radius 3 is 2.93 bits per heavy atom. The van der Waals surface area contributed by atoms with Crippen molar-refractivity contribution in [2.24, 2.45) is 0 Å². The fourth-order valence-corrected chi connectivity index (χ4v) is 4.56. The number of hydrogen-bond acceptors (Lipinski definition) is 7. The average molecular weight is 428 g/mol. The molecular formula is C21H25N5O3S. The van der Waals surface area contributed by atoms with Crippen molar-refractivity contribution < 1.29 is 14.3 Å². The number of aryl methyl sites for hydroxylation is 1. The van der Waals surface area contributed by atoms with Gasteiger partial charge in [-0.2, -0.15) is 4.68 Å². The maximum absolute atomic E-state index is 13.0. The van der Waals surface area contributed by atoms with Crippen LogP contribution in [0.1, 0.15) is 34.6 Å². The molecule has 0 saturated carbocycles. The number of ketones is 1. The van der Waals surface area contributed by atoms with Crippen molar-refractivity contribution in [2.75, 3.05) is 19.5 Å². The first-order valence-corrected chi connectivity index (χ1v) is 10.9. The highest BCUT2D eigenvalue weighted by Crippen LogP contribution is 2.27. The third-order valence-corrected chi connectivity index (χ3v) is 6.29. The van der Waals surface area contributed by atoms with Gasteiger partial charge < -0.3 is 14.0 Å². The quantitative estimate of drug-likeness (QED) is 0.403. The number of para-hydroxylation sites is 2. The Bertz CT molecular complexity index is 1040. The molecule has 3 aromatic rings. The lowest BCUT2D eigenvalue weighted by Crippen LogP contribution is -2.17. The van der Waals surface area contributed by atoms with E-state index >= 15 is 0 Å². The summed E-state index contributed by atoms with van der Waals surface area (Å²) in [5.74, 6) is 0.969. The second-order valence-corrected chi connectivity index (χ2v) is 8.23. The monoisotopic (exact) mass is 427 g/mol. The van der Waals surface area contributed by atoms with Crippen LogP contribution in [0.4, 0.5) is 0 Å². The van der Waals surface area contributed by atoms with Gasteiger partial charge in [-0.1, -0.05) is 23.9 Å². The van der Waals surface area contributed by atoms with Crippen LogP contribution in [-0.2, 0) is 11.3 Å². The molecule has 0 amide bonds. The van der Waals surface area contributed by atoms with Crippen molar-refractivity contribution >= 4 is 17.5 Å². The summed E-state index contributed by atoms with van der Waals surface area (Å²) in [6.45, 7) is 5.66. The minimum atomic E-state index is 0.0567. The second kappa shape index (κ2) is 9.01. The number of carbonyl (C=O) groups excluding carboxylic acids is 1. The predicted molar refractivity (Wildman–Crippen MR) is 114 cm³/mol. The number of benzene rings is 1. The molecule has 8 nitrogen and oxygen atoms in total. The summed E-state index contributed by atoms with van der Waals surface area (Å²) in [6.07, 6.45) is 2.41. The molecule has 0 radical (unpaired) electrons. The van der Waals surface area contributed by atoms with Gasteiger partial charge in [0, 0.05) is 30.1 Å². The van der Waals surface area contributed by atoms with E-state index in [0.717, 1.165) is 48.6 Å². The average Bonchev–Trinajstić information content (AvgIpc) is 3.50. The maximum atomic E-state index is 13.0. The number of Topliss-reactive ketones (excluding diaryl/α,β-unsaturated/α-hetero) is 1. The lowest BCUT2D eigenvalue weighted by Gasteiger charge is -2.14. The first-order chi connectivity index (χ1) is 14.6. The fourth-order valence-electron chi connectivity index (χ4n) is 3.79. The van der Waals surface area contributed by atoms with Gasteiger partial charge >= 0.3 is 0 Å². The smallest absolute Gasteiger partial charge is 0.214 e. The standard InChI is InChI=1S/C21H25N5O3S/c1-14-11-17(15(2)25(14)12-16-7-6-10-29-16)19(27)13-30-21-22-23-24-26(21)18-8-4-5-9-20(18)28-3/h4-5,8-9,11,16H,6-7,10,12-13H2,1-3H3. The van der Waals surface area contributed by atoms with Crippen LogP contribution in [0.5, 0.6) is 5.75 Å². The Balaban J connectivity index is 1.48. The Morgan fingerprint density at radius 1 is 1.33 bits per heavy atom. The zero-order valence-electron chi connectivity index (χ0n) is 17.4. The molecule has 2 aromatic heterocycles. The largest absolute Gasteiger partial charge is 0.494 e. The summed E-state index contributed by atoms with van der Waals surface area (Å²) in [6, 6.07) is 9.47. The van der Waals surface area contributed by atoms with E-state index < -0.39 is 0 Å². The van der Waals surface area contributed by atoms with Crippen LogP contribution < -0.4 is 4.74 Å². The van der Waals surface area contributed by atoms with E-state index in [2.05, 4.69) is 20.1 Å². The van der Waals surface area contributed by atoms with E-state index in [0.29, 0.717) is 10.9 Å². The van der Waals surface area contributed by atoms with E-state index in [1.807, 2.05) is 44.2 Å². The summed E-state index contributed by atoms with van der Waals surface area (Å²) >= 11 is 1.32. The number of thioether (sulfide) groups is 1. The molecule has 9 heteroatoms. The number of nitrogens with zero attached hydrogens (tertiary/aromatic N) is 5. The first kappa shape index (κ1) is 20.6. The zero-order valence-corrected chi connectivity index (χ0v) is 18.2. The first-order valence-electron chi connectivity index (χ1n) is 9.94. The number of ether oxygens (including phenoxy) is 2. The van der Waals surface area contributed by atoms with Gasteiger partial charge in [-0.15, -0.1) is 5.10 Å². The van der Waals surface area contributed by atoms with E-state index in [-0.39, 0.29) is 17.6 Å². The van der Waals surface area contributed by atoms with Gasteiger partial charge in [0.2, 0.25) is 5.16 Å². The molecule has 0 bridgehead atoms. The highest BCUT2D eigenvalue weighted by molar-refractivity contribution is 7.99. The molecule has 0 aliphatic carbocycles. The molecule has 1 aromatic carbocycles. The minimum Gasteiger partial charge on any atom is -0.494 e. The summed E-state index contributed by atoms with van der Waals surface area (Å²) in [4.78, 5) is 13.0. The third kappa shape index (κ3) is 4.13. The molecule has 158 valence electrons. The lowest BCUT2D eigenvalue weighted by atomic mass is 10.2. The van der Waals surface area contributed by atoms with Gasteiger partial charge in [0.05, 0.1) is 19.0 Å². The topological polar surface area (TPSA) is 84.1 Å². The van der Waals surface area contributed by atoms with Gasteiger partial charge in [-0.05, 0) is 55.3 Å². The van der Waals surface area contributed by atoms with E-state index in [1.54, 1.807) is 11.8 Å². The molecule has 0 N–H and O–H groups in total. The van der Waals surface area contributed by atoms with E-state index in [4.69, 9.17) is 9.47 Å². The Labute approximate surface area is 179 Å². The van der Waals surface area contributed by atoms with Gasteiger partial charge in [0.15, 0.2) is 5.78 Å². The van der Waals surface area contributed by atoms with Crippen molar-refractivity contribution in [1.82, 2.24) is 24.8 Å². The molecule has 1 aliphatic heterocycles. The summed E-state index contributed by atoms with van der Waals surface area (Å²) < 4.78 is 14.9. The molecule has 1 unspecified atom stereocenters. The van der Waals surface area contributed by atoms with Gasteiger partial charge in [0.25, 0.3) is 0 Å². The number of carbonyl (C=O) groups is 1. The molecule has 3 heterocycles. The highest BCUT2D eigenvalue weighted by atomic mass is 32.2. The van der Waals surface area contributed by atoms with Crippen molar-refractivity contribution in [1.29, 1.82) is 0 Å². The normalized spacial score (nSPS) is 16.2. The van der Waals surface area contributed by atoms with Crippen molar-refractivity contribution in [3.05, 3.63) is 47.3 Å². The Hall–Kier alpha value is -2.65. The van der Waals surface area contributed by atoms with E-state index in [1.165, 1.54) is 11.8 Å².